The van der Waals surface area contributed by atoms with Crippen LogP contribution in [0.4, 0.5) is 0 Å². The van der Waals surface area contributed by atoms with Gasteiger partial charge in [0.1, 0.15) is 23.6 Å². The zero-order valence-electron chi connectivity index (χ0n) is 42.7. The number of aliphatic hydroxyl groups is 1. The Hall–Kier alpha value is -7.13. The van der Waals surface area contributed by atoms with Crippen molar-refractivity contribution < 1.29 is 67.3 Å². The van der Waals surface area contributed by atoms with Gasteiger partial charge in [0.25, 0.3) is 11.8 Å². The molecule has 2 fully saturated rings. The second-order valence-corrected chi connectivity index (χ2v) is 18.3. The number of rotatable bonds is 25. The molecule has 4 N–H and O–H groups in total. The average Bonchev–Trinajstić information content (AvgIpc) is 3.66. The number of amides is 4. The molecule has 4 amide bonds. The molecule has 3 aliphatic heterocycles. The molecule has 4 aromatic rings. The molecule has 3 aliphatic rings. The van der Waals surface area contributed by atoms with E-state index in [4.69, 9.17) is 33.2 Å². The van der Waals surface area contributed by atoms with Gasteiger partial charge in [-0.1, -0.05) is 31.2 Å². The van der Waals surface area contributed by atoms with Gasteiger partial charge in [-0.25, -0.2) is 5.01 Å². The minimum absolute atomic E-state index is 0.0627. The number of hydrogen-bond donors (Lipinski definition) is 4. The largest absolute Gasteiger partial charge is 0.771 e. The van der Waals surface area contributed by atoms with E-state index in [0.717, 1.165) is 33.2 Å². The van der Waals surface area contributed by atoms with Gasteiger partial charge in [-0.2, -0.15) is 0 Å². The van der Waals surface area contributed by atoms with E-state index in [1.807, 2.05) is 37.3 Å². The molecular formula is C54H66N5O15-. The van der Waals surface area contributed by atoms with E-state index in [9.17, 15) is 39.4 Å². The van der Waals surface area contributed by atoms with Crippen LogP contribution in [-0.2, 0) is 32.0 Å². The first kappa shape index (κ1) is 54.6. The first-order valence-corrected chi connectivity index (χ1v) is 24.8. The topological polar surface area (TPSA) is 247 Å². The molecule has 7 rings (SSSR count). The lowest BCUT2D eigenvalue weighted by Crippen LogP contribution is -2.54. The van der Waals surface area contributed by atoms with Crippen LogP contribution in [0.2, 0.25) is 0 Å². The van der Waals surface area contributed by atoms with E-state index in [-0.39, 0.29) is 62.0 Å². The Morgan fingerprint density at radius 2 is 1.55 bits per heavy atom. The van der Waals surface area contributed by atoms with Crippen molar-refractivity contribution in [2.45, 2.75) is 101 Å². The number of aliphatic hydroxyl groups excluding tert-OH is 1. The molecule has 0 bridgehead atoms. The summed E-state index contributed by atoms with van der Waals surface area (Å²) in [5.74, 6) is -0.152. The molecule has 5 atom stereocenters. The molecule has 74 heavy (non-hydrogen) atoms. The van der Waals surface area contributed by atoms with Crippen LogP contribution < -0.4 is 43.8 Å². The van der Waals surface area contributed by atoms with Crippen LogP contribution in [0.1, 0.15) is 115 Å². The summed E-state index contributed by atoms with van der Waals surface area (Å²) in [5, 5.41) is 43.3. The first-order valence-electron chi connectivity index (χ1n) is 24.8. The summed E-state index contributed by atoms with van der Waals surface area (Å²) in [4.78, 5) is 64.2. The molecule has 0 aliphatic carbocycles. The predicted octanol–water partition coefficient (Wildman–Crippen LogP) is 6.01. The SMILES string of the molecule is CC[C@@H](c1cc(OC)c(OC)c(OC)c1)N([O-])N1CCC(c2c(CCCc3cccc(OCC(=O)NCCCCOc4cccc5c4C(O)N(C4CCC(=O)NC4=O)C5=O)c3)ccc(OC)c2OC)C[C@H]1C(=O)O. The number of nitrogens with one attached hydrogen (secondary N) is 2. The summed E-state index contributed by atoms with van der Waals surface area (Å²) < 4.78 is 40.0. The number of hydrogen-bond acceptors (Lipinski definition) is 16. The van der Waals surface area contributed by atoms with Crippen molar-refractivity contribution in [1.82, 2.24) is 25.7 Å². The number of unbranched alkanes of at least 4 members (excludes halogenated alkanes) is 1. The number of aryl methyl sites for hydroxylation is 2. The molecule has 398 valence electrons. The van der Waals surface area contributed by atoms with Gasteiger partial charge < -0.3 is 59.1 Å². The number of fused-ring (bicyclic) bond motifs is 1. The lowest BCUT2D eigenvalue weighted by atomic mass is 9.81. The number of piperidine rings is 2. The van der Waals surface area contributed by atoms with Gasteiger partial charge >= 0.3 is 5.97 Å². The minimum atomic E-state index is -1.41. The van der Waals surface area contributed by atoms with Crippen LogP contribution >= 0.6 is 0 Å². The van der Waals surface area contributed by atoms with Crippen molar-refractivity contribution in [3.8, 4) is 40.2 Å². The van der Waals surface area contributed by atoms with Crippen molar-refractivity contribution in [2.75, 3.05) is 61.9 Å². The van der Waals surface area contributed by atoms with Crippen molar-refractivity contribution in [1.29, 1.82) is 0 Å². The molecule has 20 heteroatoms. The second kappa shape index (κ2) is 25.2. The van der Waals surface area contributed by atoms with Crippen LogP contribution in [0.15, 0.2) is 66.7 Å². The van der Waals surface area contributed by atoms with Gasteiger partial charge in [-0.05, 0) is 123 Å². The number of carbonyl (C=O) groups is 5. The number of methoxy groups -OCH3 is 5. The maximum atomic E-state index is 14.3. The summed E-state index contributed by atoms with van der Waals surface area (Å²) >= 11 is 0. The molecule has 0 aromatic heterocycles. The lowest BCUT2D eigenvalue weighted by molar-refractivity contribution is -0.157. The number of carbonyl (C=O) groups excluding carboxylic acids is 4. The molecule has 0 spiro atoms. The zero-order valence-corrected chi connectivity index (χ0v) is 42.7. The average molecular weight is 1030 g/mol. The van der Waals surface area contributed by atoms with Gasteiger partial charge in [0, 0.05) is 31.1 Å². The molecule has 0 radical (unpaired) electrons. The van der Waals surface area contributed by atoms with Gasteiger partial charge in [-0.15, -0.1) is 0 Å². The molecule has 2 saturated heterocycles. The second-order valence-electron chi connectivity index (χ2n) is 18.3. The Morgan fingerprint density at radius 3 is 2.23 bits per heavy atom. The Balaban J connectivity index is 0.898. The molecule has 20 nitrogen and oxygen atoms in total. The highest BCUT2D eigenvalue weighted by Crippen LogP contribution is 2.47. The Labute approximate surface area is 430 Å². The van der Waals surface area contributed by atoms with Crippen LogP contribution in [0.3, 0.4) is 0 Å². The highest BCUT2D eigenvalue weighted by atomic mass is 16.6. The van der Waals surface area contributed by atoms with Crippen LogP contribution in [-0.4, -0.2) is 129 Å². The maximum absolute atomic E-state index is 14.3. The monoisotopic (exact) mass is 1020 g/mol. The highest BCUT2D eigenvalue weighted by Gasteiger charge is 2.46. The van der Waals surface area contributed by atoms with Crippen molar-refractivity contribution >= 4 is 29.6 Å². The van der Waals surface area contributed by atoms with E-state index in [0.29, 0.717) is 90.9 Å². The Kier molecular flexibility index (Phi) is 18.6. The summed E-state index contributed by atoms with van der Waals surface area (Å²) in [6.07, 6.45) is 2.96. The van der Waals surface area contributed by atoms with E-state index in [1.54, 1.807) is 50.6 Å². The molecule has 3 unspecified atom stereocenters. The summed E-state index contributed by atoms with van der Waals surface area (Å²) in [6, 6.07) is 16.8. The normalized spacial score (nSPS) is 19.1. The fraction of sp³-hybridized carbons (Fsp3) is 0.463. The zero-order chi connectivity index (χ0) is 53.1. The van der Waals surface area contributed by atoms with E-state index >= 15 is 0 Å². The molecule has 0 saturated carbocycles. The number of nitrogens with zero attached hydrogens (tertiary/aromatic N) is 3. The third-order valence-electron chi connectivity index (χ3n) is 13.8. The predicted molar refractivity (Wildman–Crippen MR) is 269 cm³/mol. The number of hydroxylamine groups is 1. The lowest BCUT2D eigenvalue weighted by Gasteiger charge is -2.51. The number of hydrazine groups is 1. The number of carboxylic acid groups (broad SMARTS) is 1. The number of benzene rings is 4. The Bertz CT molecular complexity index is 2640. The quantitative estimate of drug-likeness (QED) is 0.0337. The summed E-state index contributed by atoms with van der Waals surface area (Å²) in [7, 11) is 7.62. The van der Waals surface area contributed by atoms with E-state index in [2.05, 4.69) is 10.6 Å². The number of ether oxygens (including phenoxy) is 7. The van der Waals surface area contributed by atoms with Crippen LogP contribution in [0, 0.1) is 5.21 Å². The molecule has 3 heterocycles. The third kappa shape index (κ3) is 12.1. The smallest absolute Gasteiger partial charge is 0.322 e. The van der Waals surface area contributed by atoms with Gasteiger partial charge in [0.2, 0.25) is 17.6 Å². The van der Waals surface area contributed by atoms with Crippen molar-refractivity contribution in [3.05, 3.63) is 105 Å². The van der Waals surface area contributed by atoms with Gasteiger partial charge in [-0.3, -0.25) is 34.2 Å². The fourth-order valence-corrected chi connectivity index (χ4v) is 10.2. The van der Waals surface area contributed by atoms with E-state index < -0.39 is 48.0 Å². The summed E-state index contributed by atoms with van der Waals surface area (Å²) in [6.45, 7) is 2.46. The van der Waals surface area contributed by atoms with Crippen molar-refractivity contribution in [3.63, 3.8) is 0 Å². The summed E-state index contributed by atoms with van der Waals surface area (Å²) in [5.41, 5.74) is 3.95. The maximum Gasteiger partial charge on any atom is 0.322 e. The fourth-order valence-electron chi connectivity index (χ4n) is 10.2. The molecule has 4 aromatic carbocycles. The number of imide groups is 1. The standard InChI is InChI=1S/C54H66N5O15/c1-7-38(35-29-43(69-3)49(71-5)44(30-35)70-4)59(67)57-25-23-34(28-40(57)54(65)66)47-33(19-21-42(68-2)50(47)72-6)15-10-13-32-14-11-16-36(27-32)74-31-46(61)55-24-8-9-26-73-41-18-12-17-37-48(41)53(64)58(52(37)63)39-20-22-45(60)56-51(39)62/h11-12,14,16-19,21,27,29-30,34,38-40,53,64H,7-10,13,15,20,22-26,28,31H2,1-6H3,(H,55,61)(H,65,66)(H,56,60,62)/q-1/t34?,38-,39?,40-,53?/m0/s1. The van der Waals surface area contributed by atoms with Crippen LogP contribution in [0.5, 0.6) is 40.2 Å². The number of carboxylic acids is 1. The Morgan fingerprint density at radius 1 is 0.824 bits per heavy atom. The van der Waals surface area contributed by atoms with Gasteiger partial charge in [0.15, 0.2) is 35.8 Å². The van der Waals surface area contributed by atoms with E-state index in [1.165, 1.54) is 26.3 Å². The molecular weight excluding hydrogens is 959 g/mol. The minimum Gasteiger partial charge on any atom is -0.771 e. The van der Waals surface area contributed by atoms with Gasteiger partial charge in [0.05, 0.1) is 53.3 Å². The van der Waals surface area contributed by atoms with Crippen LogP contribution in [0.25, 0.3) is 0 Å². The van der Waals surface area contributed by atoms with Crippen molar-refractivity contribution in [2.24, 2.45) is 0 Å². The first-order chi connectivity index (χ1) is 35.8. The highest BCUT2D eigenvalue weighted by molar-refractivity contribution is 6.06. The number of aliphatic carboxylic acids is 1. The third-order valence-corrected chi connectivity index (χ3v) is 13.8.